The SMILES string of the molecule is C[C@H](CC(F)(F)F)C(=O)N1CC[C@@](O)(Cn2cc(C(=O)O)c(-c3ccccc3)cc2=O)C2(CCCC2)C1. The molecule has 2 heterocycles. The molecule has 0 unspecified atom stereocenters. The molecule has 4 rings (SSSR count). The van der Waals surface area contributed by atoms with Crippen molar-refractivity contribution in [2.24, 2.45) is 11.3 Å². The van der Waals surface area contributed by atoms with Crippen LogP contribution >= 0.6 is 0 Å². The highest BCUT2D eigenvalue weighted by Crippen LogP contribution is 2.52. The normalized spacial score (nSPS) is 22.2. The zero-order valence-corrected chi connectivity index (χ0v) is 20.6. The quantitative estimate of drug-likeness (QED) is 0.591. The van der Waals surface area contributed by atoms with Crippen LogP contribution in [0.5, 0.6) is 0 Å². The molecule has 0 bridgehead atoms. The molecular formula is C27H31F3N2O5. The van der Waals surface area contributed by atoms with Crippen molar-refractivity contribution in [3.8, 4) is 11.1 Å². The van der Waals surface area contributed by atoms with Crippen molar-refractivity contribution < 1.29 is 33.0 Å². The van der Waals surface area contributed by atoms with Gasteiger partial charge in [-0.2, -0.15) is 13.2 Å². The molecule has 2 N–H and O–H groups in total. The summed E-state index contributed by atoms with van der Waals surface area (Å²) >= 11 is 0. The minimum atomic E-state index is -4.45. The number of alkyl halides is 3. The molecule has 1 aromatic carbocycles. The zero-order chi connectivity index (χ0) is 27.0. The number of hydrogen-bond donors (Lipinski definition) is 2. The van der Waals surface area contributed by atoms with E-state index in [0.29, 0.717) is 18.4 Å². The van der Waals surface area contributed by atoms with E-state index in [9.17, 15) is 37.8 Å². The van der Waals surface area contributed by atoms with E-state index in [2.05, 4.69) is 0 Å². The van der Waals surface area contributed by atoms with E-state index in [0.717, 1.165) is 12.8 Å². The summed E-state index contributed by atoms with van der Waals surface area (Å²) in [6.07, 6.45) is -1.65. The number of piperidine rings is 1. The van der Waals surface area contributed by atoms with Gasteiger partial charge in [-0.15, -0.1) is 0 Å². The number of carboxylic acid groups (broad SMARTS) is 1. The molecule has 2 aromatic rings. The van der Waals surface area contributed by atoms with Crippen LogP contribution in [0.1, 0.15) is 55.8 Å². The summed E-state index contributed by atoms with van der Waals surface area (Å²) in [6, 6.07) is 9.93. The van der Waals surface area contributed by atoms with E-state index >= 15 is 0 Å². The summed E-state index contributed by atoms with van der Waals surface area (Å²) in [5, 5.41) is 21.8. The Morgan fingerprint density at radius 3 is 2.35 bits per heavy atom. The molecule has 2 atom stereocenters. The molecule has 1 saturated carbocycles. The first-order valence-electron chi connectivity index (χ1n) is 12.5. The Balaban J connectivity index is 1.64. The fourth-order valence-corrected chi connectivity index (χ4v) is 6.04. The molecule has 0 radical (unpaired) electrons. The predicted octanol–water partition coefficient (Wildman–Crippen LogP) is 4.33. The lowest BCUT2D eigenvalue weighted by atomic mass is 9.65. The van der Waals surface area contributed by atoms with Crippen molar-refractivity contribution in [1.82, 2.24) is 9.47 Å². The van der Waals surface area contributed by atoms with Gasteiger partial charge < -0.3 is 19.7 Å². The van der Waals surface area contributed by atoms with Gasteiger partial charge >= 0.3 is 12.1 Å². The largest absolute Gasteiger partial charge is 0.478 e. The van der Waals surface area contributed by atoms with Crippen molar-refractivity contribution in [2.45, 2.75) is 63.8 Å². The smallest absolute Gasteiger partial charge is 0.389 e. The first kappa shape index (κ1) is 26.9. The summed E-state index contributed by atoms with van der Waals surface area (Å²) in [4.78, 5) is 39.4. The number of nitrogens with zero attached hydrogens (tertiary/aromatic N) is 2. The summed E-state index contributed by atoms with van der Waals surface area (Å²) in [5.41, 5.74) is -1.92. The minimum Gasteiger partial charge on any atom is -0.478 e. The molecule has 200 valence electrons. The molecule has 10 heteroatoms. The molecule has 1 spiro atoms. The van der Waals surface area contributed by atoms with Crippen LogP contribution in [-0.4, -0.2) is 56.4 Å². The molecule has 1 aliphatic heterocycles. The third-order valence-corrected chi connectivity index (χ3v) is 7.98. The van der Waals surface area contributed by atoms with Crippen LogP contribution < -0.4 is 5.56 Å². The molecule has 1 aliphatic carbocycles. The maximum Gasteiger partial charge on any atom is 0.389 e. The lowest BCUT2D eigenvalue weighted by Crippen LogP contribution is -2.62. The van der Waals surface area contributed by atoms with Gasteiger partial charge in [-0.1, -0.05) is 50.1 Å². The number of aromatic carboxylic acids is 1. The lowest BCUT2D eigenvalue weighted by molar-refractivity contribution is -0.172. The summed E-state index contributed by atoms with van der Waals surface area (Å²) in [5.74, 6) is -3.03. The van der Waals surface area contributed by atoms with Gasteiger partial charge in [0, 0.05) is 42.2 Å². The number of hydrogen-bond acceptors (Lipinski definition) is 4. The van der Waals surface area contributed by atoms with E-state index in [1.165, 1.54) is 28.7 Å². The van der Waals surface area contributed by atoms with Crippen LogP contribution in [0.4, 0.5) is 13.2 Å². The summed E-state index contributed by atoms with van der Waals surface area (Å²) < 4.78 is 39.8. The van der Waals surface area contributed by atoms with Gasteiger partial charge in [0.05, 0.1) is 24.1 Å². The third kappa shape index (κ3) is 5.44. The number of pyridine rings is 1. The standard InChI is InChI=1S/C27H31F3N2O5/c1-18(14-27(28,29)30)23(34)31-12-11-26(37,25(16-31)9-5-6-10-25)17-32-15-21(24(35)36)20(13-22(32)33)19-7-3-2-4-8-19/h2-4,7-8,13,15,18,37H,5-6,9-12,14,16-17H2,1H3,(H,35,36)/t18-,26-/m1/s1. The Morgan fingerprint density at radius 2 is 1.76 bits per heavy atom. The van der Waals surface area contributed by atoms with Gasteiger partial charge in [0.1, 0.15) is 0 Å². The number of carbonyl (C=O) groups is 2. The lowest BCUT2D eigenvalue weighted by Gasteiger charge is -2.52. The van der Waals surface area contributed by atoms with Crippen molar-refractivity contribution in [2.75, 3.05) is 13.1 Å². The fourth-order valence-electron chi connectivity index (χ4n) is 6.04. The van der Waals surface area contributed by atoms with Gasteiger partial charge in [-0.3, -0.25) is 9.59 Å². The first-order valence-corrected chi connectivity index (χ1v) is 12.5. The number of halogens is 3. The second-order valence-electron chi connectivity index (χ2n) is 10.5. The van der Waals surface area contributed by atoms with Crippen LogP contribution in [0.2, 0.25) is 0 Å². The van der Waals surface area contributed by atoms with Crippen LogP contribution in [0.25, 0.3) is 11.1 Å². The summed E-state index contributed by atoms with van der Waals surface area (Å²) in [7, 11) is 0. The van der Waals surface area contributed by atoms with E-state index in [1.807, 2.05) is 0 Å². The van der Waals surface area contributed by atoms with Crippen LogP contribution in [0.15, 0.2) is 47.4 Å². The zero-order valence-electron chi connectivity index (χ0n) is 20.6. The third-order valence-electron chi connectivity index (χ3n) is 7.98. The number of likely N-dealkylation sites (tertiary alicyclic amines) is 1. The maximum absolute atomic E-state index is 13.1. The molecule has 37 heavy (non-hydrogen) atoms. The molecule has 1 aromatic heterocycles. The van der Waals surface area contributed by atoms with E-state index in [4.69, 9.17) is 0 Å². The number of aromatic nitrogens is 1. The molecule has 7 nitrogen and oxygen atoms in total. The molecule has 1 amide bonds. The van der Waals surface area contributed by atoms with Crippen molar-refractivity contribution in [3.63, 3.8) is 0 Å². The molecule has 2 aliphatic rings. The Labute approximate surface area is 212 Å². The number of carboxylic acids is 1. The highest BCUT2D eigenvalue weighted by Gasteiger charge is 2.56. The van der Waals surface area contributed by atoms with Gasteiger partial charge in [0.25, 0.3) is 5.56 Å². The summed E-state index contributed by atoms with van der Waals surface area (Å²) in [6.45, 7) is 1.26. The van der Waals surface area contributed by atoms with Gasteiger partial charge in [0.2, 0.25) is 5.91 Å². The number of benzene rings is 1. The topological polar surface area (TPSA) is 99.8 Å². The van der Waals surface area contributed by atoms with Gasteiger partial charge in [-0.25, -0.2) is 4.79 Å². The number of rotatable bonds is 6. The van der Waals surface area contributed by atoms with E-state index in [1.54, 1.807) is 30.3 Å². The van der Waals surface area contributed by atoms with Crippen LogP contribution in [0.3, 0.4) is 0 Å². The average molecular weight is 521 g/mol. The van der Waals surface area contributed by atoms with E-state index in [-0.39, 0.29) is 37.2 Å². The number of carbonyl (C=O) groups excluding carboxylic acids is 1. The van der Waals surface area contributed by atoms with Gasteiger partial charge in [-0.05, 0) is 24.8 Å². The first-order chi connectivity index (χ1) is 17.3. The predicted molar refractivity (Wildman–Crippen MR) is 130 cm³/mol. The maximum atomic E-state index is 13.1. The second-order valence-corrected chi connectivity index (χ2v) is 10.5. The Bertz CT molecular complexity index is 1220. The van der Waals surface area contributed by atoms with Crippen molar-refractivity contribution >= 4 is 11.9 Å². The highest BCUT2D eigenvalue weighted by atomic mass is 19.4. The second kappa shape index (κ2) is 9.96. The molecular weight excluding hydrogens is 489 g/mol. The van der Waals surface area contributed by atoms with Gasteiger partial charge in [0.15, 0.2) is 0 Å². The Morgan fingerprint density at radius 1 is 1.11 bits per heavy atom. The highest BCUT2D eigenvalue weighted by molar-refractivity contribution is 5.95. The number of aliphatic hydroxyl groups is 1. The van der Waals surface area contributed by atoms with Crippen molar-refractivity contribution in [1.29, 1.82) is 0 Å². The average Bonchev–Trinajstić information content (AvgIpc) is 3.31. The van der Waals surface area contributed by atoms with Crippen LogP contribution in [-0.2, 0) is 11.3 Å². The number of amides is 1. The van der Waals surface area contributed by atoms with Crippen molar-refractivity contribution in [3.05, 3.63) is 58.5 Å². The minimum absolute atomic E-state index is 0.0575. The Kier molecular flexibility index (Phi) is 7.25. The Hall–Kier alpha value is -3.14. The fraction of sp³-hybridized carbons (Fsp3) is 0.519. The monoisotopic (exact) mass is 520 g/mol. The molecule has 2 fully saturated rings. The van der Waals surface area contributed by atoms with Crippen LogP contribution in [0, 0.1) is 11.3 Å². The molecule has 1 saturated heterocycles. The van der Waals surface area contributed by atoms with E-state index < -0.39 is 47.0 Å².